The average Bonchev–Trinajstić information content (AvgIpc) is 2.81. The molecule has 0 bridgehead atoms. The molecule has 6 nitrogen and oxygen atoms in total. The first-order valence-corrected chi connectivity index (χ1v) is 7.22. The smallest absolute Gasteiger partial charge is 0.277 e. The minimum atomic E-state index is -0.311. The van der Waals surface area contributed by atoms with Gasteiger partial charge in [0.25, 0.3) is 5.91 Å². The van der Waals surface area contributed by atoms with Crippen molar-refractivity contribution in [2.75, 3.05) is 18.2 Å². The molecule has 0 spiro atoms. The van der Waals surface area contributed by atoms with Crippen LogP contribution in [0.15, 0.2) is 22.7 Å². The van der Waals surface area contributed by atoms with E-state index in [4.69, 9.17) is 10.5 Å². The number of nitrogen functional groups attached to an aromatic ring is 1. The molecule has 2 rings (SSSR count). The maximum atomic E-state index is 12.2. The molecule has 2 aromatic rings. The predicted octanol–water partition coefficient (Wildman–Crippen LogP) is 3.14. The second-order valence-electron chi connectivity index (χ2n) is 4.87. The Kier molecular flexibility index (Phi) is 4.52. The summed E-state index contributed by atoms with van der Waals surface area (Å²) in [5.41, 5.74) is 8.05. The van der Waals surface area contributed by atoms with Crippen LogP contribution in [0.4, 0.5) is 11.4 Å². The number of rotatable bonds is 4. The summed E-state index contributed by atoms with van der Waals surface area (Å²) in [6.07, 6.45) is 0. The van der Waals surface area contributed by atoms with E-state index in [9.17, 15) is 4.79 Å². The van der Waals surface area contributed by atoms with Crippen molar-refractivity contribution in [3.8, 4) is 5.75 Å². The lowest BCUT2D eigenvalue weighted by Gasteiger charge is -2.08. The van der Waals surface area contributed by atoms with Crippen LogP contribution in [0.2, 0.25) is 0 Å². The molecule has 0 aliphatic heterocycles. The summed E-state index contributed by atoms with van der Waals surface area (Å²) in [6.45, 7) is 4.04. The number of hydrogen-bond donors (Lipinski definition) is 3. The standard InChI is InChI=1S/C14H17BrN4O2/c1-7(2)12-11(15)13(19-18-12)14(20)17-8-4-5-10(21-3)9(16)6-8/h4-7H,16H2,1-3H3,(H,17,20)(H,18,19). The quantitative estimate of drug-likeness (QED) is 0.736. The van der Waals surface area contributed by atoms with E-state index in [1.165, 1.54) is 7.11 Å². The Morgan fingerprint density at radius 2 is 2.19 bits per heavy atom. The van der Waals surface area contributed by atoms with Gasteiger partial charge in [0.2, 0.25) is 0 Å². The highest BCUT2D eigenvalue weighted by Gasteiger charge is 2.19. The monoisotopic (exact) mass is 352 g/mol. The first-order valence-electron chi connectivity index (χ1n) is 6.42. The topological polar surface area (TPSA) is 93.0 Å². The van der Waals surface area contributed by atoms with Crippen LogP contribution in [0.25, 0.3) is 0 Å². The highest BCUT2D eigenvalue weighted by atomic mass is 79.9. The van der Waals surface area contributed by atoms with E-state index >= 15 is 0 Å². The van der Waals surface area contributed by atoms with Gasteiger partial charge in [-0.25, -0.2) is 0 Å². The fraction of sp³-hybridized carbons (Fsp3) is 0.286. The van der Waals surface area contributed by atoms with Crippen molar-refractivity contribution in [3.05, 3.63) is 34.1 Å². The number of nitrogens with two attached hydrogens (primary N) is 1. The molecule has 7 heteroatoms. The zero-order chi connectivity index (χ0) is 15.6. The van der Waals surface area contributed by atoms with Crippen molar-refractivity contribution in [2.24, 2.45) is 0 Å². The summed E-state index contributed by atoms with van der Waals surface area (Å²) in [5.74, 6) is 0.496. The molecule has 0 saturated carbocycles. The van der Waals surface area contributed by atoms with Gasteiger partial charge in [0, 0.05) is 5.69 Å². The lowest BCUT2D eigenvalue weighted by Crippen LogP contribution is -2.13. The van der Waals surface area contributed by atoms with Crippen LogP contribution in [0, 0.1) is 0 Å². The predicted molar refractivity (Wildman–Crippen MR) is 85.7 cm³/mol. The molecule has 1 heterocycles. The van der Waals surface area contributed by atoms with Crippen LogP contribution in [0.5, 0.6) is 5.75 Å². The highest BCUT2D eigenvalue weighted by molar-refractivity contribution is 9.10. The number of methoxy groups -OCH3 is 1. The summed E-state index contributed by atoms with van der Waals surface area (Å²) in [4.78, 5) is 12.2. The molecular weight excluding hydrogens is 336 g/mol. The van der Waals surface area contributed by atoms with Crippen LogP contribution in [-0.4, -0.2) is 23.2 Å². The Balaban J connectivity index is 2.20. The minimum Gasteiger partial charge on any atom is -0.495 e. The van der Waals surface area contributed by atoms with E-state index in [1.807, 2.05) is 13.8 Å². The number of anilines is 2. The first-order chi connectivity index (χ1) is 9.93. The number of nitrogens with zero attached hydrogens (tertiary/aromatic N) is 1. The van der Waals surface area contributed by atoms with Gasteiger partial charge in [-0.05, 0) is 40.0 Å². The molecule has 0 fully saturated rings. The molecule has 0 atom stereocenters. The van der Waals surface area contributed by atoms with Gasteiger partial charge < -0.3 is 15.8 Å². The number of carbonyl (C=O) groups excluding carboxylic acids is 1. The maximum Gasteiger partial charge on any atom is 0.277 e. The molecule has 0 saturated heterocycles. The number of amides is 1. The Labute approximate surface area is 131 Å². The number of halogens is 1. The lowest BCUT2D eigenvalue weighted by atomic mass is 10.1. The molecule has 112 valence electrons. The van der Waals surface area contributed by atoms with Crippen molar-refractivity contribution in [1.29, 1.82) is 0 Å². The van der Waals surface area contributed by atoms with Crippen molar-refractivity contribution in [1.82, 2.24) is 10.2 Å². The molecule has 1 aromatic heterocycles. The van der Waals surface area contributed by atoms with Crippen molar-refractivity contribution in [2.45, 2.75) is 19.8 Å². The number of hydrogen-bond acceptors (Lipinski definition) is 4. The number of aromatic nitrogens is 2. The lowest BCUT2D eigenvalue weighted by molar-refractivity contribution is 0.102. The van der Waals surface area contributed by atoms with Gasteiger partial charge in [-0.2, -0.15) is 5.10 Å². The zero-order valence-electron chi connectivity index (χ0n) is 12.0. The number of aromatic amines is 1. The van der Waals surface area contributed by atoms with Crippen LogP contribution in [0.1, 0.15) is 35.9 Å². The van der Waals surface area contributed by atoms with E-state index in [-0.39, 0.29) is 11.8 Å². The molecule has 0 aliphatic carbocycles. The molecule has 0 unspecified atom stereocenters. The molecule has 0 radical (unpaired) electrons. The molecule has 21 heavy (non-hydrogen) atoms. The number of benzene rings is 1. The Bertz CT molecular complexity index is 667. The minimum absolute atomic E-state index is 0.241. The van der Waals surface area contributed by atoms with Gasteiger partial charge in [0.05, 0.1) is 23.0 Å². The third-order valence-electron chi connectivity index (χ3n) is 3.01. The van der Waals surface area contributed by atoms with Gasteiger partial charge in [-0.3, -0.25) is 9.89 Å². The van der Waals surface area contributed by atoms with E-state index in [0.29, 0.717) is 27.3 Å². The van der Waals surface area contributed by atoms with Crippen LogP contribution in [0.3, 0.4) is 0 Å². The van der Waals surface area contributed by atoms with Gasteiger partial charge in [0.15, 0.2) is 5.69 Å². The average molecular weight is 353 g/mol. The summed E-state index contributed by atoms with van der Waals surface area (Å²) < 4.78 is 5.75. The van der Waals surface area contributed by atoms with Crippen molar-refractivity contribution < 1.29 is 9.53 Å². The number of carbonyl (C=O) groups is 1. The third kappa shape index (κ3) is 3.18. The Morgan fingerprint density at radius 3 is 2.71 bits per heavy atom. The second kappa shape index (κ2) is 6.17. The van der Waals surface area contributed by atoms with Gasteiger partial charge in [-0.15, -0.1) is 0 Å². The van der Waals surface area contributed by atoms with Gasteiger partial charge in [-0.1, -0.05) is 13.8 Å². The molecule has 1 aromatic carbocycles. The van der Waals surface area contributed by atoms with E-state index < -0.39 is 0 Å². The maximum absolute atomic E-state index is 12.2. The number of ether oxygens (including phenoxy) is 1. The highest BCUT2D eigenvalue weighted by Crippen LogP contribution is 2.27. The van der Waals surface area contributed by atoms with Gasteiger partial charge >= 0.3 is 0 Å². The third-order valence-corrected chi connectivity index (χ3v) is 3.82. The van der Waals surface area contributed by atoms with E-state index in [1.54, 1.807) is 18.2 Å². The normalized spacial score (nSPS) is 10.7. The fourth-order valence-electron chi connectivity index (χ4n) is 1.88. The molecule has 1 amide bonds. The van der Waals surface area contributed by atoms with Crippen molar-refractivity contribution in [3.63, 3.8) is 0 Å². The molecular formula is C14H17BrN4O2. The largest absolute Gasteiger partial charge is 0.495 e. The SMILES string of the molecule is COc1ccc(NC(=O)c2n[nH]c(C(C)C)c2Br)cc1N. The Hall–Kier alpha value is -2.02. The molecule has 4 N–H and O–H groups in total. The fourth-order valence-corrected chi connectivity index (χ4v) is 2.69. The summed E-state index contributed by atoms with van der Waals surface area (Å²) in [5, 5.41) is 9.67. The molecule has 0 aliphatic rings. The van der Waals surface area contributed by atoms with E-state index in [0.717, 1.165) is 5.69 Å². The van der Waals surface area contributed by atoms with Crippen LogP contribution in [-0.2, 0) is 0 Å². The number of H-pyrrole nitrogens is 1. The summed E-state index contributed by atoms with van der Waals surface area (Å²) in [7, 11) is 1.54. The zero-order valence-corrected chi connectivity index (χ0v) is 13.6. The van der Waals surface area contributed by atoms with E-state index in [2.05, 4.69) is 31.4 Å². The first kappa shape index (κ1) is 15.4. The number of nitrogens with one attached hydrogen (secondary N) is 2. The second-order valence-corrected chi connectivity index (χ2v) is 5.66. The Morgan fingerprint density at radius 1 is 1.48 bits per heavy atom. The van der Waals surface area contributed by atoms with Crippen LogP contribution < -0.4 is 15.8 Å². The summed E-state index contributed by atoms with van der Waals surface area (Å²) in [6, 6.07) is 5.06. The van der Waals surface area contributed by atoms with Crippen LogP contribution >= 0.6 is 15.9 Å². The summed E-state index contributed by atoms with van der Waals surface area (Å²) >= 11 is 3.40. The van der Waals surface area contributed by atoms with Crippen molar-refractivity contribution >= 4 is 33.2 Å². The van der Waals surface area contributed by atoms with Gasteiger partial charge in [0.1, 0.15) is 5.75 Å².